The van der Waals surface area contributed by atoms with Crippen LogP contribution in [0.5, 0.6) is 0 Å². The van der Waals surface area contributed by atoms with E-state index in [-0.39, 0.29) is 5.54 Å². The molecule has 1 aromatic rings. The summed E-state index contributed by atoms with van der Waals surface area (Å²) in [6, 6.07) is 10.9. The summed E-state index contributed by atoms with van der Waals surface area (Å²) in [5.74, 6) is 0. The Morgan fingerprint density at radius 3 is 2.47 bits per heavy atom. The van der Waals surface area contributed by atoms with Gasteiger partial charge in [0.1, 0.15) is 5.54 Å². The minimum atomic E-state index is -0.287. The van der Waals surface area contributed by atoms with E-state index >= 15 is 0 Å². The molecular weight excluding hydrogens is 208 g/mol. The van der Waals surface area contributed by atoms with Crippen molar-refractivity contribution in [2.24, 2.45) is 0 Å². The van der Waals surface area contributed by atoms with Crippen LogP contribution in [0, 0.1) is 11.3 Å². The van der Waals surface area contributed by atoms with Gasteiger partial charge in [0.25, 0.3) is 0 Å². The summed E-state index contributed by atoms with van der Waals surface area (Å²) < 4.78 is 0. The normalized spacial score (nSPS) is 16.9. The number of anilines is 1. The van der Waals surface area contributed by atoms with Crippen molar-refractivity contribution < 1.29 is 0 Å². The number of rotatable bonds is 5. The molecule has 0 heterocycles. The van der Waals surface area contributed by atoms with Gasteiger partial charge in [-0.1, -0.05) is 25.5 Å². The number of hydrogen-bond donors (Lipinski definition) is 1. The van der Waals surface area contributed by atoms with Crippen molar-refractivity contribution in [3.8, 4) is 6.07 Å². The maximum Gasteiger partial charge on any atom is 0.125 e. The Morgan fingerprint density at radius 2 is 2.00 bits per heavy atom. The topological polar surface area (TPSA) is 35.8 Å². The zero-order chi connectivity index (χ0) is 12.1. The first-order valence-electron chi connectivity index (χ1n) is 6.56. The summed E-state index contributed by atoms with van der Waals surface area (Å²) in [6.45, 7) is 2.21. The molecule has 2 heteroatoms. The molecule has 2 rings (SSSR count). The zero-order valence-corrected chi connectivity index (χ0v) is 10.5. The second-order valence-electron chi connectivity index (χ2n) is 4.97. The third-order valence-corrected chi connectivity index (χ3v) is 3.58. The number of nitrogens with one attached hydrogen (secondary N) is 1. The van der Waals surface area contributed by atoms with Crippen LogP contribution in [0.25, 0.3) is 0 Å². The summed E-state index contributed by atoms with van der Waals surface area (Å²) in [5, 5.41) is 12.5. The summed E-state index contributed by atoms with van der Waals surface area (Å²) in [4.78, 5) is 0. The minimum Gasteiger partial charge on any atom is -0.367 e. The van der Waals surface area contributed by atoms with Crippen LogP contribution >= 0.6 is 0 Å². The van der Waals surface area contributed by atoms with Gasteiger partial charge in [-0.3, -0.25) is 0 Å². The van der Waals surface area contributed by atoms with Crippen molar-refractivity contribution in [1.82, 2.24) is 0 Å². The van der Waals surface area contributed by atoms with Gasteiger partial charge in [-0.15, -0.1) is 0 Å². The van der Waals surface area contributed by atoms with E-state index in [0.29, 0.717) is 0 Å². The van der Waals surface area contributed by atoms with Crippen molar-refractivity contribution >= 4 is 5.69 Å². The maximum atomic E-state index is 9.16. The number of nitriles is 1. The molecule has 90 valence electrons. The predicted octanol–water partition coefficient (Wildman–Crippen LogP) is 3.89. The van der Waals surface area contributed by atoms with E-state index < -0.39 is 0 Å². The van der Waals surface area contributed by atoms with Crippen molar-refractivity contribution in [3.05, 3.63) is 29.8 Å². The Labute approximate surface area is 104 Å². The van der Waals surface area contributed by atoms with E-state index in [4.69, 9.17) is 5.26 Å². The molecule has 1 N–H and O–H groups in total. The lowest BCUT2D eigenvalue weighted by atomic mass is 9.78. The lowest BCUT2D eigenvalue weighted by molar-refractivity contribution is 0.356. The molecule has 1 saturated carbocycles. The minimum absolute atomic E-state index is 0.287. The van der Waals surface area contributed by atoms with Gasteiger partial charge in [-0.25, -0.2) is 0 Å². The summed E-state index contributed by atoms with van der Waals surface area (Å²) >= 11 is 0. The molecule has 0 amide bonds. The van der Waals surface area contributed by atoms with Gasteiger partial charge in [0, 0.05) is 5.69 Å². The number of aryl methyl sites for hydroxylation is 1. The summed E-state index contributed by atoms with van der Waals surface area (Å²) in [7, 11) is 0. The highest BCUT2D eigenvalue weighted by atomic mass is 15.0. The predicted molar refractivity (Wildman–Crippen MR) is 70.9 cm³/mol. The fourth-order valence-electron chi connectivity index (χ4n) is 2.21. The van der Waals surface area contributed by atoms with Gasteiger partial charge in [-0.05, 0) is 49.8 Å². The van der Waals surface area contributed by atoms with Gasteiger partial charge < -0.3 is 5.32 Å². The average Bonchev–Trinajstić information content (AvgIpc) is 2.33. The van der Waals surface area contributed by atoms with E-state index in [0.717, 1.165) is 31.4 Å². The average molecular weight is 228 g/mol. The number of hydrogen-bond acceptors (Lipinski definition) is 2. The molecule has 0 aliphatic heterocycles. The summed E-state index contributed by atoms with van der Waals surface area (Å²) in [6.07, 6.45) is 6.74. The van der Waals surface area contributed by atoms with Gasteiger partial charge in [0.2, 0.25) is 0 Å². The fraction of sp³-hybridized carbons (Fsp3) is 0.533. The van der Waals surface area contributed by atoms with Crippen LogP contribution in [0.2, 0.25) is 0 Å². The Balaban J connectivity index is 1.96. The van der Waals surface area contributed by atoms with Gasteiger partial charge in [-0.2, -0.15) is 5.26 Å². The quantitative estimate of drug-likeness (QED) is 0.830. The SMILES string of the molecule is CCCCc1ccc(NC2(C#N)CCC2)cc1. The molecule has 1 aliphatic carbocycles. The van der Waals surface area contributed by atoms with Gasteiger partial charge in [0.15, 0.2) is 0 Å². The fourth-order valence-corrected chi connectivity index (χ4v) is 2.21. The van der Waals surface area contributed by atoms with Gasteiger partial charge >= 0.3 is 0 Å². The Kier molecular flexibility index (Phi) is 3.68. The molecule has 0 atom stereocenters. The first-order chi connectivity index (χ1) is 8.28. The largest absolute Gasteiger partial charge is 0.367 e. The van der Waals surface area contributed by atoms with E-state index in [1.165, 1.54) is 18.4 Å². The van der Waals surface area contributed by atoms with Crippen LogP contribution in [-0.2, 0) is 6.42 Å². The molecule has 17 heavy (non-hydrogen) atoms. The highest BCUT2D eigenvalue weighted by Gasteiger charge is 2.36. The summed E-state index contributed by atoms with van der Waals surface area (Å²) in [5.41, 5.74) is 2.17. The second-order valence-corrected chi connectivity index (χ2v) is 4.97. The van der Waals surface area contributed by atoms with Crippen LogP contribution in [0.4, 0.5) is 5.69 Å². The molecule has 0 bridgehead atoms. The van der Waals surface area contributed by atoms with Gasteiger partial charge in [0.05, 0.1) is 6.07 Å². The van der Waals surface area contributed by atoms with E-state index in [9.17, 15) is 0 Å². The molecule has 0 radical (unpaired) electrons. The van der Waals surface area contributed by atoms with Crippen LogP contribution in [0.1, 0.15) is 44.6 Å². The molecular formula is C15H20N2. The number of nitrogens with zero attached hydrogens (tertiary/aromatic N) is 1. The smallest absolute Gasteiger partial charge is 0.125 e. The van der Waals surface area contributed by atoms with Crippen molar-refractivity contribution in [2.75, 3.05) is 5.32 Å². The molecule has 2 nitrogen and oxygen atoms in total. The third-order valence-electron chi connectivity index (χ3n) is 3.58. The van der Waals surface area contributed by atoms with E-state index in [2.05, 4.69) is 42.6 Å². The molecule has 0 spiro atoms. The number of unbranched alkanes of at least 4 members (excludes halogenated alkanes) is 1. The van der Waals surface area contributed by atoms with Crippen LogP contribution in [-0.4, -0.2) is 5.54 Å². The molecule has 0 aromatic heterocycles. The van der Waals surface area contributed by atoms with Crippen molar-refractivity contribution in [1.29, 1.82) is 5.26 Å². The zero-order valence-electron chi connectivity index (χ0n) is 10.5. The van der Waals surface area contributed by atoms with E-state index in [1.807, 2.05) is 0 Å². The lowest BCUT2D eigenvalue weighted by Crippen LogP contribution is -2.43. The second kappa shape index (κ2) is 5.23. The number of benzene rings is 1. The standard InChI is InChI=1S/C15H20N2/c1-2-3-5-13-6-8-14(9-7-13)17-15(12-16)10-4-11-15/h6-9,17H,2-5,10-11H2,1H3. The first-order valence-corrected chi connectivity index (χ1v) is 6.56. The maximum absolute atomic E-state index is 9.16. The van der Waals surface area contributed by atoms with Crippen LogP contribution < -0.4 is 5.32 Å². The molecule has 1 aliphatic rings. The Hall–Kier alpha value is -1.49. The van der Waals surface area contributed by atoms with E-state index in [1.54, 1.807) is 0 Å². The third kappa shape index (κ3) is 2.79. The van der Waals surface area contributed by atoms with Crippen molar-refractivity contribution in [2.45, 2.75) is 51.0 Å². The van der Waals surface area contributed by atoms with Crippen molar-refractivity contribution in [3.63, 3.8) is 0 Å². The lowest BCUT2D eigenvalue weighted by Gasteiger charge is -2.36. The molecule has 1 fully saturated rings. The van der Waals surface area contributed by atoms with Crippen LogP contribution in [0.15, 0.2) is 24.3 Å². The highest BCUT2D eigenvalue weighted by Crippen LogP contribution is 2.34. The monoisotopic (exact) mass is 228 g/mol. The Bertz CT molecular complexity index is 396. The first kappa shape index (κ1) is 12.0. The Morgan fingerprint density at radius 1 is 1.29 bits per heavy atom. The molecule has 0 unspecified atom stereocenters. The molecule has 1 aromatic carbocycles. The highest BCUT2D eigenvalue weighted by molar-refractivity contribution is 5.49. The molecule has 0 saturated heterocycles. The van der Waals surface area contributed by atoms with Crippen LogP contribution in [0.3, 0.4) is 0 Å².